The summed E-state index contributed by atoms with van der Waals surface area (Å²) in [5.41, 5.74) is 0.466. The number of piperazine rings is 1. The molecule has 0 unspecified atom stereocenters. The molecule has 6 nitrogen and oxygen atoms in total. The Morgan fingerprint density at radius 2 is 1.65 bits per heavy atom. The molecule has 2 aliphatic heterocycles. The van der Waals surface area contributed by atoms with Crippen molar-refractivity contribution in [1.82, 2.24) is 15.1 Å². The summed E-state index contributed by atoms with van der Waals surface area (Å²) in [6.45, 7) is 5.17. The van der Waals surface area contributed by atoms with E-state index in [1.54, 1.807) is 28.0 Å². The lowest BCUT2D eigenvalue weighted by atomic mass is 10.1. The largest absolute Gasteiger partial charge is 0.375 e. The quantitative estimate of drug-likeness (QED) is 0.793. The molecule has 2 saturated heterocycles. The first kappa shape index (κ1) is 21.3. The van der Waals surface area contributed by atoms with Gasteiger partial charge in [-0.25, -0.2) is 0 Å². The van der Waals surface area contributed by atoms with Crippen LogP contribution in [0.1, 0.15) is 17.3 Å². The number of hydrogen-bond acceptors (Lipinski definition) is 4. The molecule has 2 amide bonds. The van der Waals surface area contributed by atoms with E-state index in [0.717, 1.165) is 0 Å². The van der Waals surface area contributed by atoms with Crippen molar-refractivity contribution in [2.45, 2.75) is 19.1 Å². The van der Waals surface area contributed by atoms with E-state index in [2.05, 4.69) is 5.32 Å². The van der Waals surface area contributed by atoms with E-state index in [1.807, 2.05) is 6.92 Å². The lowest BCUT2D eigenvalue weighted by Crippen LogP contribution is -2.60. The fourth-order valence-electron chi connectivity index (χ4n) is 3.20. The van der Waals surface area contributed by atoms with Crippen molar-refractivity contribution < 1.29 is 14.3 Å². The summed E-state index contributed by atoms with van der Waals surface area (Å²) < 4.78 is 5.54. The number of morpholine rings is 1. The van der Waals surface area contributed by atoms with Crippen molar-refractivity contribution in [3.63, 3.8) is 0 Å². The van der Waals surface area contributed by atoms with Crippen molar-refractivity contribution in [1.29, 1.82) is 0 Å². The highest BCUT2D eigenvalue weighted by Crippen LogP contribution is 2.21. The van der Waals surface area contributed by atoms with E-state index in [1.165, 1.54) is 0 Å². The van der Waals surface area contributed by atoms with Gasteiger partial charge in [-0.15, -0.1) is 12.4 Å². The van der Waals surface area contributed by atoms with Gasteiger partial charge in [0.25, 0.3) is 5.91 Å². The van der Waals surface area contributed by atoms with Crippen LogP contribution in [-0.2, 0) is 9.53 Å². The van der Waals surface area contributed by atoms with Gasteiger partial charge in [-0.1, -0.05) is 23.2 Å². The van der Waals surface area contributed by atoms with Crippen LogP contribution in [0.15, 0.2) is 18.2 Å². The third-order valence-corrected chi connectivity index (χ3v) is 5.01. The zero-order chi connectivity index (χ0) is 18.0. The minimum absolute atomic E-state index is 0. The fraction of sp³-hybridized carbons (Fsp3) is 0.529. The second kappa shape index (κ2) is 9.24. The minimum atomic E-state index is -0.317. The highest BCUT2D eigenvalue weighted by atomic mass is 35.5. The maximum atomic E-state index is 12.6. The molecule has 2 fully saturated rings. The summed E-state index contributed by atoms with van der Waals surface area (Å²) in [7, 11) is 0. The maximum Gasteiger partial charge on any atom is 0.254 e. The molecule has 144 valence electrons. The van der Waals surface area contributed by atoms with E-state index in [0.29, 0.717) is 54.9 Å². The molecular formula is C17H22Cl3N3O3. The number of ether oxygens (including phenoxy) is 1. The first-order valence-electron chi connectivity index (χ1n) is 8.35. The molecule has 0 spiro atoms. The second-order valence-electron chi connectivity index (χ2n) is 6.28. The summed E-state index contributed by atoms with van der Waals surface area (Å²) in [5.74, 6) is -0.0888. The van der Waals surface area contributed by atoms with Crippen molar-refractivity contribution in [2.75, 3.05) is 39.3 Å². The van der Waals surface area contributed by atoms with Crippen LogP contribution >= 0.6 is 35.6 Å². The Kier molecular flexibility index (Phi) is 7.55. The van der Waals surface area contributed by atoms with Gasteiger partial charge in [0.1, 0.15) is 6.04 Å². The van der Waals surface area contributed by atoms with Gasteiger partial charge in [-0.05, 0) is 25.1 Å². The van der Waals surface area contributed by atoms with Gasteiger partial charge < -0.3 is 19.9 Å². The number of benzene rings is 1. The standard InChI is InChI=1S/C17H21Cl2N3O3.ClH/c1-11-15(20-2-7-25-11)17(24)22-5-3-21(4-6-22)16(23)12-8-13(18)10-14(19)9-12;/h8-11,15,20H,2-7H2,1H3;1H/t11-,15+;/m1./s1. The average Bonchev–Trinajstić information content (AvgIpc) is 2.60. The van der Waals surface area contributed by atoms with Crippen LogP contribution in [0.3, 0.4) is 0 Å². The SMILES string of the molecule is C[C@H]1OCCN[C@@H]1C(=O)N1CCN(C(=O)c2cc(Cl)cc(Cl)c2)CC1.Cl. The van der Waals surface area contributed by atoms with Crippen molar-refractivity contribution in [2.24, 2.45) is 0 Å². The predicted molar refractivity (Wildman–Crippen MR) is 103 cm³/mol. The number of halogens is 3. The Hall–Kier alpha value is -1.05. The summed E-state index contributed by atoms with van der Waals surface area (Å²) in [5, 5.41) is 4.08. The molecule has 0 bridgehead atoms. The molecule has 26 heavy (non-hydrogen) atoms. The number of nitrogens with zero attached hydrogens (tertiary/aromatic N) is 2. The first-order valence-corrected chi connectivity index (χ1v) is 9.10. The highest BCUT2D eigenvalue weighted by molar-refractivity contribution is 6.35. The Labute approximate surface area is 169 Å². The smallest absolute Gasteiger partial charge is 0.254 e. The number of rotatable bonds is 2. The number of hydrogen-bond donors (Lipinski definition) is 1. The van der Waals surface area contributed by atoms with Crippen LogP contribution in [0.4, 0.5) is 0 Å². The molecule has 0 aliphatic carbocycles. The van der Waals surface area contributed by atoms with Crippen LogP contribution in [0.25, 0.3) is 0 Å². The lowest BCUT2D eigenvalue weighted by Gasteiger charge is -2.38. The Morgan fingerprint density at radius 1 is 1.08 bits per heavy atom. The predicted octanol–water partition coefficient (Wildman–Crippen LogP) is 2.08. The van der Waals surface area contributed by atoms with Gasteiger partial charge in [0, 0.05) is 48.3 Å². The third-order valence-electron chi connectivity index (χ3n) is 4.57. The fourth-order valence-corrected chi connectivity index (χ4v) is 3.72. The monoisotopic (exact) mass is 421 g/mol. The summed E-state index contributed by atoms with van der Waals surface area (Å²) >= 11 is 11.9. The zero-order valence-corrected chi connectivity index (χ0v) is 16.7. The van der Waals surface area contributed by atoms with E-state index in [4.69, 9.17) is 27.9 Å². The molecule has 9 heteroatoms. The molecule has 1 aromatic carbocycles. The van der Waals surface area contributed by atoms with Crippen molar-refractivity contribution in [3.05, 3.63) is 33.8 Å². The van der Waals surface area contributed by atoms with Gasteiger partial charge in [0.15, 0.2) is 0 Å². The van der Waals surface area contributed by atoms with E-state index < -0.39 is 0 Å². The van der Waals surface area contributed by atoms with Crippen LogP contribution in [0.5, 0.6) is 0 Å². The number of carbonyl (C=O) groups excluding carboxylic acids is 2. The zero-order valence-electron chi connectivity index (χ0n) is 14.4. The van der Waals surface area contributed by atoms with E-state index in [9.17, 15) is 9.59 Å². The first-order chi connectivity index (χ1) is 12.0. The topological polar surface area (TPSA) is 61.9 Å². The Balaban J connectivity index is 0.00000243. The van der Waals surface area contributed by atoms with Gasteiger partial charge in [0.05, 0.1) is 12.7 Å². The third kappa shape index (κ3) is 4.81. The van der Waals surface area contributed by atoms with Crippen LogP contribution in [0.2, 0.25) is 10.0 Å². The number of carbonyl (C=O) groups is 2. The van der Waals surface area contributed by atoms with Gasteiger partial charge in [-0.3, -0.25) is 9.59 Å². The summed E-state index contributed by atoms with van der Waals surface area (Å²) in [4.78, 5) is 28.8. The molecule has 0 radical (unpaired) electrons. The van der Waals surface area contributed by atoms with Crippen LogP contribution in [0, 0.1) is 0 Å². The molecule has 3 rings (SSSR count). The maximum absolute atomic E-state index is 12.6. The average molecular weight is 423 g/mol. The lowest BCUT2D eigenvalue weighted by molar-refractivity contribution is -0.140. The molecular weight excluding hydrogens is 401 g/mol. The Bertz CT molecular complexity index is 646. The van der Waals surface area contributed by atoms with Gasteiger partial charge in [-0.2, -0.15) is 0 Å². The molecule has 2 heterocycles. The van der Waals surface area contributed by atoms with E-state index >= 15 is 0 Å². The summed E-state index contributed by atoms with van der Waals surface area (Å²) in [6.07, 6.45) is -0.144. The second-order valence-corrected chi connectivity index (χ2v) is 7.16. The van der Waals surface area contributed by atoms with Gasteiger partial charge >= 0.3 is 0 Å². The van der Waals surface area contributed by atoms with Crippen LogP contribution in [-0.4, -0.2) is 73.1 Å². The van der Waals surface area contributed by atoms with Crippen molar-refractivity contribution >= 4 is 47.4 Å². The molecule has 1 aromatic rings. The Morgan fingerprint density at radius 3 is 2.23 bits per heavy atom. The van der Waals surface area contributed by atoms with Gasteiger partial charge in [0.2, 0.25) is 5.91 Å². The summed E-state index contributed by atoms with van der Waals surface area (Å²) in [6, 6.07) is 4.50. The number of amides is 2. The van der Waals surface area contributed by atoms with E-state index in [-0.39, 0.29) is 36.4 Å². The normalized spacial score (nSPS) is 23.3. The highest BCUT2D eigenvalue weighted by Gasteiger charge is 2.34. The molecule has 2 atom stereocenters. The molecule has 0 saturated carbocycles. The number of nitrogens with one attached hydrogen (secondary N) is 1. The minimum Gasteiger partial charge on any atom is -0.375 e. The van der Waals surface area contributed by atoms with Crippen LogP contribution < -0.4 is 5.32 Å². The van der Waals surface area contributed by atoms with Crippen molar-refractivity contribution in [3.8, 4) is 0 Å². The molecule has 1 N–H and O–H groups in total. The molecule has 2 aliphatic rings. The molecule has 0 aromatic heterocycles.